The van der Waals surface area contributed by atoms with Crippen LogP contribution in [0.1, 0.15) is 53.1 Å². The predicted octanol–water partition coefficient (Wildman–Crippen LogP) is 8.47. The van der Waals surface area contributed by atoms with Crippen molar-refractivity contribution in [2.24, 2.45) is 4.99 Å². The normalized spacial score (nSPS) is 16.0. The lowest BCUT2D eigenvalue weighted by Crippen LogP contribution is -2.48. The summed E-state index contributed by atoms with van der Waals surface area (Å²) in [4.78, 5) is 4.56. The molecule has 1 aromatic carbocycles. The number of aliphatic imine (C=N–C) groups is 1. The summed E-state index contributed by atoms with van der Waals surface area (Å²) in [6.07, 6.45) is -10.5. The second-order valence-electron chi connectivity index (χ2n) is 10.6. The van der Waals surface area contributed by atoms with Gasteiger partial charge in [-0.15, -0.1) is 0 Å². The van der Waals surface area contributed by atoms with Crippen LogP contribution in [-0.4, -0.2) is 54.9 Å². The SMILES string of the molecule is CC1=CC(C)=N/C1=C(/c1cc(C)c(C)c(C)c1)c1c(C)cc(C)n1B(OCC(F)(F)C(F)(F)F)OCC(F)(F)C(F)(F)F. The Kier molecular flexibility index (Phi) is 9.44. The van der Waals surface area contributed by atoms with E-state index < -0.39 is 44.7 Å². The number of allylic oxidation sites excluding steroid dienone is 2. The molecule has 0 fully saturated rings. The van der Waals surface area contributed by atoms with Gasteiger partial charge < -0.3 is 13.8 Å². The standard InChI is InChI=1S/C28H29BF10N2O2/c1-14-10-21(11-15(2)20(14)7)22(23-16(3)8-18(5)40-23)24-17(4)9-19(6)41(24)29(42-12-25(30,31)27(34,35)36)43-13-26(32,33)28(37,38)39/h8-11H,12-13H2,1-7H3/b23-22-. The van der Waals surface area contributed by atoms with E-state index in [0.29, 0.717) is 33.7 Å². The lowest BCUT2D eigenvalue weighted by atomic mass is 9.90. The monoisotopic (exact) mass is 626 g/mol. The highest BCUT2D eigenvalue weighted by Gasteiger charge is 2.60. The molecule has 1 aromatic heterocycles. The number of alkyl halides is 10. The van der Waals surface area contributed by atoms with Crippen molar-refractivity contribution in [3.05, 3.63) is 74.8 Å². The van der Waals surface area contributed by atoms with E-state index in [1.807, 2.05) is 20.8 Å². The van der Waals surface area contributed by atoms with Crippen LogP contribution in [0.25, 0.3) is 5.57 Å². The predicted molar refractivity (Wildman–Crippen MR) is 143 cm³/mol. The molecule has 0 aliphatic carbocycles. The molecule has 0 saturated heterocycles. The summed E-state index contributed by atoms with van der Waals surface area (Å²) in [6, 6.07) is 5.00. The Labute approximate surface area is 242 Å². The maximum atomic E-state index is 13.9. The molecule has 43 heavy (non-hydrogen) atoms. The molecular weight excluding hydrogens is 597 g/mol. The van der Waals surface area contributed by atoms with Gasteiger partial charge in [0.2, 0.25) is 0 Å². The Morgan fingerprint density at radius 2 is 1.19 bits per heavy atom. The molecule has 0 spiro atoms. The van der Waals surface area contributed by atoms with Gasteiger partial charge in [0.05, 0.1) is 5.70 Å². The minimum Gasteiger partial charge on any atom is -0.385 e. The third-order valence-electron chi connectivity index (χ3n) is 7.05. The van der Waals surface area contributed by atoms with Crippen molar-refractivity contribution in [1.82, 2.24) is 4.48 Å². The number of aryl methyl sites for hydroxylation is 4. The van der Waals surface area contributed by atoms with Crippen LogP contribution < -0.4 is 0 Å². The summed E-state index contributed by atoms with van der Waals surface area (Å²) in [5, 5.41) is 0. The number of halogens is 10. The molecule has 2 aromatic rings. The van der Waals surface area contributed by atoms with Gasteiger partial charge in [-0.3, -0.25) is 4.99 Å². The molecular formula is C28H29BF10N2O2. The molecule has 1 aliphatic heterocycles. The zero-order valence-corrected chi connectivity index (χ0v) is 24.3. The molecule has 1 aliphatic rings. The van der Waals surface area contributed by atoms with Crippen molar-refractivity contribution in [2.45, 2.75) is 72.7 Å². The van der Waals surface area contributed by atoms with Gasteiger partial charge in [0, 0.05) is 22.7 Å². The van der Waals surface area contributed by atoms with Crippen molar-refractivity contribution < 1.29 is 53.2 Å². The molecule has 2 heterocycles. The number of nitrogens with zero attached hydrogens (tertiary/aromatic N) is 2. The van der Waals surface area contributed by atoms with E-state index in [0.717, 1.165) is 21.2 Å². The van der Waals surface area contributed by atoms with Crippen LogP contribution in [0.4, 0.5) is 43.9 Å². The van der Waals surface area contributed by atoms with Gasteiger partial charge in [-0.1, -0.05) is 12.1 Å². The van der Waals surface area contributed by atoms with Crippen LogP contribution in [0.5, 0.6) is 0 Å². The Hall–Kier alpha value is -3.07. The summed E-state index contributed by atoms with van der Waals surface area (Å²) >= 11 is 0. The van der Waals surface area contributed by atoms with Crippen LogP contribution in [0.15, 0.2) is 40.5 Å². The van der Waals surface area contributed by atoms with Gasteiger partial charge in [-0.05, 0) is 94.0 Å². The summed E-state index contributed by atoms with van der Waals surface area (Å²) in [6.45, 7) is 7.00. The number of hydrogen-bond acceptors (Lipinski definition) is 3. The quantitative estimate of drug-likeness (QED) is 0.207. The second kappa shape index (κ2) is 11.8. The van der Waals surface area contributed by atoms with Crippen molar-refractivity contribution in [3.63, 3.8) is 0 Å². The molecule has 236 valence electrons. The van der Waals surface area contributed by atoms with Gasteiger partial charge in [-0.25, -0.2) is 0 Å². The highest BCUT2D eigenvalue weighted by atomic mass is 19.4. The zero-order chi connectivity index (χ0) is 32.9. The summed E-state index contributed by atoms with van der Waals surface area (Å²) < 4.78 is 144. The molecule has 4 nitrogen and oxygen atoms in total. The molecule has 0 N–H and O–H groups in total. The summed E-state index contributed by atoms with van der Waals surface area (Å²) in [7, 11) is -2.55. The Bertz CT molecular complexity index is 1430. The molecule has 15 heteroatoms. The maximum Gasteiger partial charge on any atom is 0.598 e. The first-order valence-corrected chi connectivity index (χ1v) is 12.9. The Morgan fingerprint density at radius 1 is 0.721 bits per heavy atom. The Morgan fingerprint density at radius 3 is 1.58 bits per heavy atom. The van der Waals surface area contributed by atoms with Gasteiger partial charge in [0.1, 0.15) is 13.2 Å². The highest BCUT2D eigenvalue weighted by molar-refractivity contribution is 6.43. The smallest absolute Gasteiger partial charge is 0.385 e. The molecule has 0 saturated carbocycles. The van der Waals surface area contributed by atoms with E-state index >= 15 is 0 Å². The van der Waals surface area contributed by atoms with Gasteiger partial charge in [0.25, 0.3) is 0 Å². The average Bonchev–Trinajstić information content (AvgIpc) is 3.33. The van der Waals surface area contributed by atoms with Gasteiger partial charge >= 0.3 is 31.5 Å². The van der Waals surface area contributed by atoms with E-state index in [1.165, 1.54) is 13.0 Å². The highest BCUT2D eigenvalue weighted by Crippen LogP contribution is 2.40. The van der Waals surface area contributed by atoms with Gasteiger partial charge in [0.15, 0.2) is 0 Å². The number of rotatable bonds is 9. The molecule has 0 radical (unpaired) electrons. The fraction of sp³-hybridized carbons (Fsp3) is 0.464. The van der Waals surface area contributed by atoms with Crippen molar-refractivity contribution in [1.29, 1.82) is 0 Å². The molecule has 3 rings (SSSR count). The molecule has 0 amide bonds. The fourth-order valence-electron chi connectivity index (χ4n) is 4.62. The molecule has 0 bridgehead atoms. The number of aromatic nitrogens is 1. The lowest BCUT2D eigenvalue weighted by Gasteiger charge is -2.27. The Balaban J connectivity index is 2.31. The average molecular weight is 626 g/mol. The van der Waals surface area contributed by atoms with Crippen LogP contribution in [0.3, 0.4) is 0 Å². The molecule has 0 atom stereocenters. The first-order chi connectivity index (χ1) is 19.5. The van der Waals surface area contributed by atoms with Gasteiger partial charge in [-0.2, -0.15) is 43.9 Å². The second-order valence-corrected chi connectivity index (χ2v) is 10.6. The fourth-order valence-corrected chi connectivity index (χ4v) is 4.62. The van der Waals surface area contributed by atoms with E-state index in [9.17, 15) is 43.9 Å². The number of benzene rings is 1. The maximum absolute atomic E-state index is 13.9. The van der Waals surface area contributed by atoms with E-state index in [-0.39, 0.29) is 11.4 Å². The van der Waals surface area contributed by atoms with Crippen LogP contribution in [0.2, 0.25) is 0 Å². The zero-order valence-electron chi connectivity index (χ0n) is 24.3. The van der Waals surface area contributed by atoms with Crippen LogP contribution in [-0.2, 0) is 9.31 Å². The third kappa shape index (κ3) is 7.03. The van der Waals surface area contributed by atoms with Crippen molar-refractivity contribution >= 4 is 18.5 Å². The minimum atomic E-state index is -6.10. The summed E-state index contributed by atoms with van der Waals surface area (Å²) in [5.74, 6) is -11.0. The topological polar surface area (TPSA) is 35.8 Å². The summed E-state index contributed by atoms with van der Waals surface area (Å²) in [5.41, 5.74) is 5.50. The first kappa shape index (κ1) is 34.4. The first-order valence-electron chi connectivity index (χ1n) is 12.9. The largest absolute Gasteiger partial charge is 0.598 e. The molecule has 0 unspecified atom stereocenters. The van der Waals surface area contributed by atoms with Crippen molar-refractivity contribution in [2.75, 3.05) is 13.2 Å². The van der Waals surface area contributed by atoms with E-state index in [4.69, 9.17) is 9.31 Å². The third-order valence-corrected chi connectivity index (χ3v) is 7.05. The minimum absolute atomic E-state index is 0.0528. The lowest BCUT2D eigenvalue weighted by molar-refractivity contribution is -0.295. The van der Waals surface area contributed by atoms with E-state index in [2.05, 4.69) is 4.99 Å². The van der Waals surface area contributed by atoms with E-state index in [1.54, 1.807) is 39.0 Å². The number of hydrogen-bond donors (Lipinski definition) is 0. The van der Waals surface area contributed by atoms with Crippen LogP contribution in [0, 0.1) is 34.6 Å². The van der Waals surface area contributed by atoms with Crippen molar-refractivity contribution in [3.8, 4) is 0 Å². The van der Waals surface area contributed by atoms with Crippen LogP contribution >= 0.6 is 0 Å².